The Morgan fingerprint density at radius 3 is 2.77 bits per heavy atom. The van der Waals surface area contributed by atoms with Gasteiger partial charge in [0, 0.05) is 5.69 Å². The van der Waals surface area contributed by atoms with E-state index in [1.54, 1.807) is 0 Å². The van der Waals surface area contributed by atoms with Gasteiger partial charge in [0.25, 0.3) is 5.91 Å². The maximum atomic E-state index is 11.9. The van der Waals surface area contributed by atoms with Crippen LogP contribution in [0.25, 0.3) is 10.2 Å². The fourth-order valence-electron chi connectivity index (χ4n) is 2.36. The van der Waals surface area contributed by atoms with Crippen molar-refractivity contribution >= 4 is 50.9 Å². The average Bonchev–Trinajstić information content (AvgIpc) is 3.03. The summed E-state index contributed by atoms with van der Waals surface area (Å²) in [6.07, 6.45) is 0. The summed E-state index contributed by atoms with van der Waals surface area (Å²) in [5.41, 5.74) is 3.73. The van der Waals surface area contributed by atoms with Crippen LogP contribution in [0.4, 0.5) is 5.69 Å². The molecule has 0 saturated heterocycles. The van der Waals surface area contributed by atoms with Gasteiger partial charge in [-0.1, -0.05) is 41.6 Å². The van der Waals surface area contributed by atoms with Crippen LogP contribution < -0.4 is 5.32 Å². The molecule has 0 fully saturated rings. The lowest BCUT2D eigenvalue weighted by atomic mass is 10.1. The summed E-state index contributed by atoms with van der Waals surface area (Å²) in [6.45, 7) is 3.61. The van der Waals surface area contributed by atoms with E-state index in [4.69, 9.17) is 4.74 Å². The number of hydrogen-bond donors (Lipinski definition) is 1. The zero-order chi connectivity index (χ0) is 18.5. The third-order valence-corrected chi connectivity index (χ3v) is 5.76. The normalized spacial score (nSPS) is 10.7. The number of nitrogens with zero attached hydrogens (tertiary/aromatic N) is 1. The lowest BCUT2D eigenvalue weighted by Crippen LogP contribution is -2.22. The Hall–Kier alpha value is -2.38. The third kappa shape index (κ3) is 4.83. The predicted octanol–water partition coefficient (Wildman–Crippen LogP) is 4.19. The van der Waals surface area contributed by atoms with E-state index in [1.165, 1.54) is 23.1 Å². The summed E-state index contributed by atoms with van der Waals surface area (Å²) in [4.78, 5) is 28.2. The monoisotopic (exact) mass is 386 g/mol. The van der Waals surface area contributed by atoms with Crippen LogP contribution in [0.5, 0.6) is 0 Å². The Morgan fingerprint density at radius 2 is 2.00 bits per heavy atom. The van der Waals surface area contributed by atoms with E-state index in [2.05, 4.69) is 10.3 Å². The number of benzene rings is 2. The van der Waals surface area contributed by atoms with Crippen LogP contribution in [0.2, 0.25) is 0 Å². The van der Waals surface area contributed by atoms with E-state index < -0.39 is 5.97 Å². The van der Waals surface area contributed by atoms with Gasteiger partial charge in [0.2, 0.25) is 0 Å². The SMILES string of the molecule is Cc1ccc(NC(=O)COC(=O)CSc2nc3ccccc3s2)c(C)c1. The van der Waals surface area contributed by atoms with Gasteiger partial charge < -0.3 is 10.1 Å². The van der Waals surface area contributed by atoms with Crippen molar-refractivity contribution in [3.05, 3.63) is 53.6 Å². The number of amides is 1. The molecule has 0 bridgehead atoms. The molecular weight excluding hydrogens is 368 g/mol. The number of esters is 1. The molecule has 0 aliphatic heterocycles. The number of aromatic nitrogens is 1. The molecule has 0 unspecified atom stereocenters. The van der Waals surface area contributed by atoms with Crippen LogP contribution in [-0.2, 0) is 14.3 Å². The first-order chi connectivity index (χ1) is 12.5. The molecule has 0 aliphatic rings. The number of aryl methyl sites for hydroxylation is 2. The van der Waals surface area contributed by atoms with Gasteiger partial charge in [0.05, 0.1) is 16.0 Å². The van der Waals surface area contributed by atoms with Crippen LogP contribution in [0.3, 0.4) is 0 Å². The Kier molecular flexibility index (Phi) is 5.90. The van der Waals surface area contributed by atoms with Gasteiger partial charge in [-0.2, -0.15) is 0 Å². The molecule has 0 spiro atoms. The van der Waals surface area contributed by atoms with E-state index in [9.17, 15) is 9.59 Å². The number of fused-ring (bicyclic) bond motifs is 1. The second kappa shape index (κ2) is 8.33. The van der Waals surface area contributed by atoms with E-state index >= 15 is 0 Å². The summed E-state index contributed by atoms with van der Waals surface area (Å²) in [7, 11) is 0. The third-order valence-electron chi connectivity index (χ3n) is 3.61. The van der Waals surface area contributed by atoms with Gasteiger partial charge in [0.1, 0.15) is 0 Å². The number of thioether (sulfide) groups is 1. The van der Waals surface area contributed by atoms with Gasteiger partial charge >= 0.3 is 5.97 Å². The average molecular weight is 386 g/mol. The number of anilines is 1. The van der Waals surface area contributed by atoms with Crippen LogP contribution in [0.15, 0.2) is 46.8 Å². The molecule has 5 nitrogen and oxygen atoms in total. The Labute approximate surface area is 159 Å². The summed E-state index contributed by atoms with van der Waals surface area (Å²) >= 11 is 2.85. The van der Waals surface area contributed by atoms with Gasteiger partial charge in [-0.25, -0.2) is 4.98 Å². The maximum absolute atomic E-state index is 11.9. The lowest BCUT2D eigenvalue weighted by molar-refractivity contribution is -0.144. The minimum absolute atomic E-state index is 0.122. The van der Waals surface area contributed by atoms with Crippen LogP contribution in [0, 0.1) is 13.8 Å². The number of nitrogens with one attached hydrogen (secondary N) is 1. The lowest BCUT2D eigenvalue weighted by Gasteiger charge is -2.09. The summed E-state index contributed by atoms with van der Waals surface area (Å²) < 4.78 is 6.93. The van der Waals surface area contributed by atoms with E-state index in [0.717, 1.165) is 31.4 Å². The number of thiazole rings is 1. The second-order valence-electron chi connectivity index (χ2n) is 5.76. The molecule has 0 atom stereocenters. The highest BCUT2D eigenvalue weighted by atomic mass is 32.2. The van der Waals surface area contributed by atoms with Gasteiger partial charge in [-0.05, 0) is 37.6 Å². The Balaban J connectivity index is 1.45. The molecule has 2 aromatic carbocycles. The van der Waals surface area contributed by atoms with Gasteiger partial charge in [-0.15, -0.1) is 11.3 Å². The van der Waals surface area contributed by atoms with Crippen molar-refractivity contribution in [1.82, 2.24) is 4.98 Å². The predicted molar refractivity (Wildman–Crippen MR) is 106 cm³/mol. The topological polar surface area (TPSA) is 68.3 Å². The van der Waals surface area contributed by atoms with E-state index in [0.29, 0.717) is 0 Å². The molecule has 26 heavy (non-hydrogen) atoms. The van der Waals surface area contributed by atoms with Gasteiger partial charge in [0.15, 0.2) is 10.9 Å². The molecular formula is C19H18N2O3S2. The molecule has 0 radical (unpaired) electrons. The van der Waals surface area contributed by atoms with Crippen molar-refractivity contribution < 1.29 is 14.3 Å². The summed E-state index contributed by atoms with van der Waals surface area (Å²) in [5.74, 6) is -0.670. The molecule has 134 valence electrons. The summed E-state index contributed by atoms with van der Waals surface area (Å²) in [6, 6.07) is 13.6. The zero-order valence-corrected chi connectivity index (χ0v) is 16.1. The highest BCUT2D eigenvalue weighted by molar-refractivity contribution is 8.01. The van der Waals surface area contributed by atoms with Crippen LogP contribution >= 0.6 is 23.1 Å². The smallest absolute Gasteiger partial charge is 0.316 e. The number of rotatable bonds is 6. The largest absolute Gasteiger partial charge is 0.455 e. The maximum Gasteiger partial charge on any atom is 0.316 e. The summed E-state index contributed by atoms with van der Waals surface area (Å²) in [5, 5.41) is 2.75. The Morgan fingerprint density at radius 1 is 1.19 bits per heavy atom. The molecule has 0 saturated carbocycles. The molecule has 1 N–H and O–H groups in total. The Bertz CT molecular complexity index is 920. The van der Waals surface area contributed by atoms with Crippen LogP contribution in [-0.4, -0.2) is 29.2 Å². The van der Waals surface area contributed by atoms with Crippen molar-refractivity contribution in [2.24, 2.45) is 0 Å². The van der Waals surface area contributed by atoms with Gasteiger partial charge in [-0.3, -0.25) is 9.59 Å². The first kappa shape index (κ1) is 18.4. The van der Waals surface area contributed by atoms with Crippen LogP contribution in [0.1, 0.15) is 11.1 Å². The molecule has 3 aromatic rings. The number of carbonyl (C=O) groups is 2. The highest BCUT2D eigenvalue weighted by Gasteiger charge is 2.11. The molecule has 1 aromatic heterocycles. The van der Waals surface area contributed by atoms with Crippen molar-refractivity contribution in [3.8, 4) is 0 Å². The van der Waals surface area contributed by atoms with Crippen molar-refractivity contribution in [3.63, 3.8) is 0 Å². The molecule has 1 amide bonds. The number of carbonyl (C=O) groups excluding carboxylic acids is 2. The number of ether oxygens (including phenoxy) is 1. The molecule has 0 aliphatic carbocycles. The molecule has 1 heterocycles. The van der Waals surface area contributed by atoms with Crippen molar-refractivity contribution in [2.75, 3.05) is 17.7 Å². The molecule has 3 rings (SSSR count). The van der Waals surface area contributed by atoms with E-state index in [-0.39, 0.29) is 18.3 Å². The number of hydrogen-bond acceptors (Lipinski definition) is 6. The highest BCUT2D eigenvalue weighted by Crippen LogP contribution is 2.29. The molecule has 7 heteroatoms. The number of para-hydroxylation sites is 1. The quantitative estimate of drug-likeness (QED) is 0.508. The first-order valence-electron chi connectivity index (χ1n) is 8.02. The second-order valence-corrected chi connectivity index (χ2v) is 8.02. The fourth-order valence-corrected chi connectivity index (χ4v) is 4.23. The van der Waals surface area contributed by atoms with E-state index in [1.807, 2.05) is 56.3 Å². The minimum atomic E-state index is -0.440. The zero-order valence-electron chi connectivity index (χ0n) is 14.4. The minimum Gasteiger partial charge on any atom is -0.455 e. The fraction of sp³-hybridized carbons (Fsp3) is 0.211. The first-order valence-corrected chi connectivity index (χ1v) is 9.82. The standard InChI is InChI=1S/C19H18N2O3S2/c1-12-7-8-14(13(2)9-12)20-17(22)10-24-18(23)11-25-19-21-15-5-3-4-6-16(15)26-19/h3-9H,10-11H2,1-2H3,(H,20,22). The van der Waals surface area contributed by atoms with Crippen molar-refractivity contribution in [1.29, 1.82) is 0 Å². The van der Waals surface area contributed by atoms with Crippen molar-refractivity contribution in [2.45, 2.75) is 18.2 Å².